The summed E-state index contributed by atoms with van der Waals surface area (Å²) in [4.78, 5) is 0. The first-order chi connectivity index (χ1) is 7.99. The molecule has 0 aliphatic rings. The molecule has 2 N–H and O–H groups in total. The maximum atomic E-state index is 10.0. The molecule has 0 saturated carbocycles. The van der Waals surface area contributed by atoms with Crippen LogP contribution >= 0.6 is 47.8 Å². The molecule has 2 rings (SSSR count). The van der Waals surface area contributed by atoms with Crippen LogP contribution in [0.25, 0.3) is 11.1 Å². The molecule has 17 heavy (non-hydrogen) atoms. The largest absolute Gasteiger partial charge is 0.508 e. The van der Waals surface area contributed by atoms with Gasteiger partial charge in [0.05, 0.1) is 4.47 Å². The van der Waals surface area contributed by atoms with E-state index in [0.29, 0.717) is 10.0 Å². The van der Waals surface area contributed by atoms with Crippen molar-refractivity contribution < 1.29 is 10.2 Å². The smallest absolute Gasteiger partial charge is 0.137 e. The average Bonchev–Trinajstić information content (AvgIpc) is 2.27. The summed E-state index contributed by atoms with van der Waals surface area (Å²) in [5.41, 5.74) is 1.36. The zero-order valence-corrected chi connectivity index (χ0v) is 13.2. The maximum Gasteiger partial charge on any atom is 0.137 e. The van der Waals surface area contributed by atoms with E-state index in [1.54, 1.807) is 30.3 Å². The number of hydrogen-bond acceptors (Lipinski definition) is 2. The second-order valence-electron chi connectivity index (χ2n) is 3.45. The van der Waals surface area contributed by atoms with Crippen LogP contribution in [0.2, 0.25) is 0 Å². The van der Waals surface area contributed by atoms with Crippen molar-refractivity contribution in [3.8, 4) is 22.6 Å². The minimum atomic E-state index is 0.138. The predicted molar refractivity (Wildman–Crippen MR) is 78.3 cm³/mol. The fourth-order valence-corrected chi connectivity index (χ4v) is 3.18. The molecule has 0 saturated heterocycles. The number of phenols is 2. The van der Waals surface area contributed by atoms with E-state index in [1.165, 1.54) is 0 Å². The SMILES string of the molecule is Oc1ccc(Br)c(-c2cc(Br)cc(Br)c2O)c1. The van der Waals surface area contributed by atoms with Gasteiger partial charge in [0, 0.05) is 20.1 Å². The molecule has 0 aliphatic carbocycles. The molecule has 0 amide bonds. The molecule has 0 unspecified atom stereocenters. The van der Waals surface area contributed by atoms with E-state index in [2.05, 4.69) is 47.8 Å². The fourth-order valence-electron chi connectivity index (χ4n) is 1.49. The number of benzene rings is 2. The van der Waals surface area contributed by atoms with Gasteiger partial charge in [-0.05, 0) is 46.3 Å². The van der Waals surface area contributed by atoms with Crippen LogP contribution in [-0.4, -0.2) is 10.2 Å². The molecule has 2 aromatic carbocycles. The topological polar surface area (TPSA) is 40.5 Å². The third-order valence-electron chi connectivity index (χ3n) is 2.27. The van der Waals surface area contributed by atoms with Crippen molar-refractivity contribution in [1.29, 1.82) is 0 Å². The summed E-state index contributed by atoms with van der Waals surface area (Å²) < 4.78 is 2.24. The first kappa shape index (κ1) is 12.9. The van der Waals surface area contributed by atoms with E-state index in [0.717, 1.165) is 14.5 Å². The number of phenolic OH excluding ortho intramolecular Hbond substituents is 2. The van der Waals surface area contributed by atoms with Crippen LogP contribution in [0.4, 0.5) is 0 Å². The minimum absolute atomic E-state index is 0.138. The van der Waals surface area contributed by atoms with Gasteiger partial charge in [-0.2, -0.15) is 0 Å². The second-order valence-corrected chi connectivity index (χ2v) is 6.07. The van der Waals surface area contributed by atoms with Crippen LogP contribution in [0.15, 0.2) is 43.7 Å². The Hall–Kier alpha value is -0.520. The van der Waals surface area contributed by atoms with E-state index in [9.17, 15) is 10.2 Å². The molecule has 88 valence electrons. The highest BCUT2D eigenvalue weighted by atomic mass is 79.9. The second kappa shape index (κ2) is 5.00. The highest BCUT2D eigenvalue weighted by molar-refractivity contribution is 9.11. The molecule has 0 bridgehead atoms. The van der Waals surface area contributed by atoms with E-state index in [1.807, 2.05) is 0 Å². The Kier molecular flexibility index (Phi) is 3.80. The van der Waals surface area contributed by atoms with Crippen LogP contribution in [0.3, 0.4) is 0 Å². The van der Waals surface area contributed by atoms with Gasteiger partial charge in [0.2, 0.25) is 0 Å². The summed E-state index contributed by atoms with van der Waals surface area (Å²) in [7, 11) is 0. The molecule has 0 aromatic heterocycles. The van der Waals surface area contributed by atoms with Crippen molar-refractivity contribution in [3.63, 3.8) is 0 Å². The maximum absolute atomic E-state index is 10.0. The standard InChI is InChI=1S/C12H7Br3O2/c13-6-3-9(12(17)11(15)4-6)8-5-7(16)1-2-10(8)14/h1-5,16-17H. The first-order valence-corrected chi connectivity index (χ1v) is 7.04. The zero-order chi connectivity index (χ0) is 12.6. The zero-order valence-electron chi connectivity index (χ0n) is 8.42. The van der Waals surface area contributed by atoms with Gasteiger partial charge in [-0.1, -0.05) is 31.9 Å². The van der Waals surface area contributed by atoms with Gasteiger partial charge < -0.3 is 10.2 Å². The summed E-state index contributed by atoms with van der Waals surface area (Å²) in [5, 5.41) is 19.5. The Bertz CT molecular complexity index is 582. The molecule has 0 heterocycles. The van der Waals surface area contributed by atoms with Gasteiger partial charge in [-0.25, -0.2) is 0 Å². The van der Waals surface area contributed by atoms with Crippen LogP contribution in [0.1, 0.15) is 0 Å². The van der Waals surface area contributed by atoms with Gasteiger partial charge in [-0.15, -0.1) is 0 Å². The normalized spacial score (nSPS) is 10.5. The third-order valence-corrected chi connectivity index (χ3v) is 4.02. The van der Waals surface area contributed by atoms with E-state index >= 15 is 0 Å². The number of halogens is 3. The Morgan fingerprint density at radius 2 is 1.47 bits per heavy atom. The van der Waals surface area contributed by atoms with Gasteiger partial charge in [0.1, 0.15) is 11.5 Å². The first-order valence-electron chi connectivity index (χ1n) is 4.66. The lowest BCUT2D eigenvalue weighted by Crippen LogP contribution is -1.83. The molecule has 2 nitrogen and oxygen atoms in total. The highest BCUT2D eigenvalue weighted by Crippen LogP contribution is 2.41. The number of hydrogen-bond donors (Lipinski definition) is 2. The van der Waals surface area contributed by atoms with Crippen LogP contribution in [0, 0.1) is 0 Å². The van der Waals surface area contributed by atoms with Gasteiger partial charge in [0.15, 0.2) is 0 Å². The molecular weight excluding hydrogens is 416 g/mol. The lowest BCUT2D eigenvalue weighted by Gasteiger charge is -2.10. The van der Waals surface area contributed by atoms with Crippen LogP contribution in [-0.2, 0) is 0 Å². The van der Waals surface area contributed by atoms with Crippen molar-refractivity contribution in [2.24, 2.45) is 0 Å². The van der Waals surface area contributed by atoms with Crippen molar-refractivity contribution in [1.82, 2.24) is 0 Å². The summed E-state index contributed by atoms with van der Waals surface area (Å²) in [6.07, 6.45) is 0. The highest BCUT2D eigenvalue weighted by Gasteiger charge is 2.12. The van der Waals surface area contributed by atoms with Crippen LogP contribution in [0.5, 0.6) is 11.5 Å². The Labute approximate surface area is 124 Å². The Balaban J connectivity index is 2.72. The Morgan fingerprint density at radius 1 is 0.765 bits per heavy atom. The molecule has 0 spiro atoms. The van der Waals surface area contributed by atoms with Crippen molar-refractivity contribution in [3.05, 3.63) is 43.7 Å². The number of rotatable bonds is 1. The van der Waals surface area contributed by atoms with Crippen LogP contribution < -0.4 is 0 Å². The monoisotopic (exact) mass is 420 g/mol. The summed E-state index contributed by atoms with van der Waals surface area (Å²) in [6, 6.07) is 8.46. The average molecular weight is 423 g/mol. The predicted octanol–water partition coefficient (Wildman–Crippen LogP) is 5.05. The lowest BCUT2D eigenvalue weighted by molar-refractivity contribution is 0.472. The fraction of sp³-hybridized carbons (Fsp3) is 0. The number of aromatic hydroxyl groups is 2. The molecule has 2 aromatic rings. The molecule has 5 heteroatoms. The van der Waals surface area contributed by atoms with Crippen molar-refractivity contribution in [2.75, 3.05) is 0 Å². The molecule has 0 radical (unpaired) electrons. The summed E-state index contributed by atoms with van der Waals surface area (Å²) in [5.74, 6) is 0.290. The minimum Gasteiger partial charge on any atom is -0.508 e. The Morgan fingerprint density at radius 3 is 2.18 bits per heavy atom. The van der Waals surface area contributed by atoms with Crippen molar-refractivity contribution >= 4 is 47.8 Å². The summed E-state index contributed by atoms with van der Waals surface area (Å²) >= 11 is 10.0. The molecule has 0 fully saturated rings. The lowest BCUT2D eigenvalue weighted by atomic mass is 10.0. The van der Waals surface area contributed by atoms with Crippen molar-refractivity contribution in [2.45, 2.75) is 0 Å². The summed E-state index contributed by atoms with van der Waals surface area (Å²) in [6.45, 7) is 0. The quantitative estimate of drug-likeness (QED) is 0.675. The van der Waals surface area contributed by atoms with Gasteiger partial charge >= 0.3 is 0 Å². The van der Waals surface area contributed by atoms with E-state index in [-0.39, 0.29) is 11.5 Å². The van der Waals surface area contributed by atoms with E-state index in [4.69, 9.17) is 0 Å². The molecule has 0 aliphatic heterocycles. The van der Waals surface area contributed by atoms with E-state index < -0.39 is 0 Å². The van der Waals surface area contributed by atoms with Gasteiger partial charge in [0.25, 0.3) is 0 Å². The molecular formula is C12H7Br3O2. The third kappa shape index (κ3) is 2.67. The molecule has 0 atom stereocenters. The van der Waals surface area contributed by atoms with Gasteiger partial charge in [-0.3, -0.25) is 0 Å².